The molecule has 0 aliphatic heterocycles. The molecule has 0 amide bonds. The lowest BCUT2D eigenvalue weighted by atomic mass is 10.4. The molecule has 25 heavy (non-hydrogen) atoms. The Morgan fingerprint density at radius 1 is 0.480 bits per heavy atom. The third-order valence-corrected chi connectivity index (χ3v) is 13.9. The van der Waals surface area contributed by atoms with Gasteiger partial charge in [-0.1, -0.05) is 79.1 Å². The van der Waals surface area contributed by atoms with Crippen molar-refractivity contribution in [3.8, 4) is 0 Å². The normalized spacial score (nSPS) is 12.7. The van der Waals surface area contributed by atoms with E-state index >= 15 is 0 Å². The molecule has 0 saturated heterocycles. The zero-order valence-corrected chi connectivity index (χ0v) is 20.1. The highest BCUT2D eigenvalue weighted by Gasteiger charge is 2.47. The quantitative estimate of drug-likeness (QED) is 0.232. The summed E-state index contributed by atoms with van der Waals surface area (Å²) in [6.45, 7) is 14.9. The van der Waals surface area contributed by atoms with Crippen LogP contribution in [-0.2, 0) is 13.0 Å². The zero-order chi connectivity index (χ0) is 19.0. The van der Waals surface area contributed by atoms with Gasteiger partial charge in [-0.15, -0.1) is 0 Å². The lowest BCUT2D eigenvalue weighted by Crippen LogP contribution is -2.55. The Hall–Kier alpha value is 0.314. The molecule has 3 nitrogen and oxygen atoms in total. The Morgan fingerprint density at radius 3 is 0.960 bits per heavy atom. The van der Waals surface area contributed by atoms with Gasteiger partial charge in [0.25, 0.3) is 0 Å². The van der Waals surface area contributed by atoms with E-state index in [2.05, 4.69) is 41.5 Å². The Morgan fingerprint density at radius 2 is 0.760 bits per heavy atom. The van der Waals surface area contributed by atoms with Gasteiger partial charge in [0, 0.05) is 13.2 Å². The van der Waals surface area contributed by atoms with Crippen LogP contribution in [0.5, 0.6) is 0 Å². The van der Waals surface area contributed by atoms with Gasteiger partial charge in [-0.05, 0) is 38.0 Å². The molecule has 0 saturated carbocycles. The molecule has 152 valence electrons. The Labute approximate surface area is 160 Å². The second-order valence-corrected chi connectivity index (χ2v) is 14.2. The minimum absolute atomic E-state index is 0.776. The van der Waals surface area contributed by atoms with Crippen LogP contribution in [0, 0.1) is 0 Å². The van der Waals surface area contributed by atoms with Gasteiger partial charge in [-0.3, -0.25) is 0 Å². The molecule has 0 aromatic heterocycles. The molecule has 0 atom stereocenters. The largest absolute Gasteiger partial charge is 0.414 e. The predicted octanol–water partition coefficient (Wildman–Crippen LogP) is 7.16. The fourth-order valence-corrected chi connectivity index (χ4v) is 14.0. The van der Waals surface area contributed by atoms with Gasteiger partial charge in [-0.25, -0.2) is 0 Å². The standard InChI is InChI=1S/C20H46O3Si2/c1-7-13-17-24(21-11-5,18-14-8-2)23-25(22-12-6,19-15-9-3)20-16-10-4/h7-20H2,1-6H3. The van der Waals surface area contributed by atoms with Crippen LogP contribution in [0.2, 0.25) is 24.2 Å². The molecule has 0 N–H and O–H groups in total. The van der Waals surface area contributed by atoms with Crippen LogP contribution in [-0.4, -0.2) is 30.3 Å². The van der Waals surface area contributed by atoms with E-state index in [1.807, 2.05) is 0 Å². The molecular formula is C20H46O3Si2. The second kappa shape index (κ2) is 15.4. The highest BCUT2D eigenvalue weighted by atomic mass is 28.5. The highest BCUT2D eigenvalue weighted by Crippen LogP contribution is 2.34. The molecule has 0 aliphatic rings. The molecule has 0 aromatic rings. The molecular weight excluding hydrogens is 344 g/mol. The van der Waals surface area contributed by atoms with Gasteiger partial charge in [0.15, 0.2) is 0 Å². The van der Waals surface area contributed by atoms with E-state index in [0.717, 1.165) is 37.4 Å². The maximum absolute atomic E-state index is 7.15. The van der Waals surface area contributed by atoms with Crippen molar-refractivity contribution in [1.82, 2.24) is 0 Å². The summed E-state index contributed by atoms with van der Waals surface area (Å²) in [5, 5.41) is 0. The van der Waals surface area contributed by atoms with E-state index in [1.165, 1.54) is 51.4 Å². The van der Waals surface area contributed by atoms with E-state index in [-0.39, 0.29) is 0 Å². The van der Waals surface area contributed by atoms with Gasteiger partial charge in [0.05, 0.1) is 0 Å². The van der Waals surface area contributed by atoms with Gasteiger partial charge >= 0.3 is 17.1 Å². The lowest BCUT2D eigenvalue weighted by Gasteiger charge is -2.41. The van der Waals surface area contributed by atoms with Crippen molar-refractivity contribution >= 4 is 17.1 Å². The molecule has 5 heteroatoms. The van der Waals surface area contributed by atoms with Crippen LogP contribution >= 0.6 is 0 Å². The molecule has 0 rings (SSSR count). The van der Waals surface area contributed by atoms with Crippen molar-refractivity contribution in [2.75, 3.05) is 13.2 Å². The van der Waals surface area contributed by atoms with Crippen LogP contribution in [0.1, 0.15) is 92.9 Å². The smallest absolute Gasteiger partial charge is 0.329 e. The molecule has 0 radical (unpaired) electrons. The molecule has 0 fully saturated rings. The van der Waals surface area contributed by atoms with Gasteiger partial charge in [-0.2, -0.15) is 0 Å². The van der Waals surface area contributed by atoms with E-state index in [4.69, 9.17) is 13.0 Å². The first-order chi connectivity index (χ1) is 12.1. The molecule has 0 aromatic carbocycles. The van der Waals surface area contributed by atoms with E-state index in [1.54, 1.807) is 0 Å². The van der Waals surface area contributed by atoms with Crippen molar-refractivity contribution in [3.63, 3.8) is 0 Å². The maximum atomic E-state index is 7.15. The molecule has 0 heterocycles. The Bertz CT molecular complexity index is 257. The summed E-state index contributed by atoms with van der Waals surface area (Å²) >= 11 is 0. The van der Waals surface area contributed by atoms with Crippen molar-refractivity contribution in [2.24, 2.45) is 0 Å². The van der Waals surface area contributed by atoms with Crippen LogP contribution in [0.15, 0.2) is 0 Å². The van der Waals surface area contributed by atoms with E-state index in [9.17, 15) is 0 Å². The predicted molar refractivity (Wildman–Crippen MR) is 115 cm³/mol. The SMILES string of the molecule is CCCC[Si](CCCC)(OCC)O[Si](CCCC)(CCCC)OCC. The van der Waals surface area contributed by atoms with Crippen LogP contribution in [0.25, 0.3) is 0 Å². The molecule has 0 aliphatic carbocycles. The van der Waals surface area contributed by atoms with Crippen LogP contribution in [0.4, 0.5) is 0 Å². The summed E-state index contributed by atoms with van der Waals surface area (Å²) in [4.78, 5) is 0. The minimum Gasteiger partial charge on any atom is -0.414 e. The number of hydrogen-bond donors (Lipinski definition) is 0. The van der Waals surface area contributed by atoms with Crippen molar-refractivity contribution in [3.05, 3.63) is 0 Å². The Balaban J connectivity index is 5.52. The first-order valence-electron chi connectivity index (χ1n) is 11.1. The number of unbranched alkanes of at least 4 members (excludes halogenated alkanes) is 4. The van der Waals surface area contributed by atoms with Gasteiger partial charge in [0.2, 0.25) is 0 Å². The highest BCUT2D eigenvalue weighted by molar-refractivity contribution is 6.81. The number of rotatable bonds is 18. The van der Waals surface area contributed by atoms with E-state index < -0.39 is 17.1 Å². The maximum Gasteiger partial charge on any atom is 0.329 e. The fourth-order valence-electron chi connectivity index (χ4n) is 3.45. The second-order valence-electron chi connectivity index (χ2n) is 7.20. The van der Waals surface area contributed by atoms with E-state index in [0.29, 0.717) is 0 Å². The summed E-state index contributed by atoms with van der Waals surface area (Å²) in [5.41, 5.74) is 0. The van der Waals surface area contributed by atoms with Crippen molar-refractivity contribution in [2.45, 2.75) is 117 Å². The summed E-state index contributed by atoms with van der Waals surface area (Å²) in [5.74, 6) is 0. The minimum atomic E-state index is -2.17. The monoisotopic (exact) mass is 390 g/mol. The van der Waals surface area contributed by atoms with Gasteiger partial charge < -0.3 is 13.0 Å². The lowest BCUT2D eigenvalue weighted by molar-refractivity contribution is 0.187. The topological polar surface area (TPSA) is 27.7 Å². The summed E-state index contributed by atoms with van der Waals surface area (Å²) in [7, 11) is -4.35. The van der Waals surface area contributed by atoms with Crippen LogP contribution < -0.4 is 0 Å². The van der Waals surface area contributed by atoms with Gasteiger partial charge in [0.1, 0.15) is 0 Å². The average molecular weight is 391 g/mol. The van der Waals surface area contributed by atoms with Crippen molar-refractivity contribution < 1.29 is 13.0 Å². The average Bonchev–Trinajstić information content (AvgIpc) is 2.61. The van der Waals surface area contributed by atoms with Crippen LogP contribution in [0.3, 0.4) is 0 Å². The fraction of sp³-hybridized carbons (Fsp3) is 1.00. The summed E-state index contributed by atoms with van der Waals surface area (Å²) < 4.78 is 20.1. The third-order valence-electron chi connectivity index (χ3n) is 4.83. The molecule has 0 spiro atoms. The van der Waals surface area contributed by atoms with Crippen molar-refractivity contribution in [1.29, 1.82) is 0 Å². The number of hydrogen-bond acceptors (Lipinski definition) is 3. The third kappa shape index (κ3) is 10.3. The zero-order valence-electron chi connectivity index (χ0n) is 18.1. The molecule has 0 unspecified atom stereocenters. The summed E-state index contributed by atoms with van der Waals surface area (Å²) in [6, 6.07) is 4.55. The Kier molecular flexibility index (Phi) is 15.6. The summed E-state index contributed by atoms with van der Waals surface area (Å²) in [6.07, 6.45) is 9.72. The first-order valence-corrected chi connectivity index (χ1v) is 15.5. The first kappa shape index (κ1) is 25.3. The molecule has 0 bridgehead atoms.